The summed E-state index contributed by atoms with van der Waals surface area (Å²) in [5.74, 6) is 2.38. The van der Waals surface area contributed by atoms with Gasteiger partial charge in [0.2, 0.25) is 0 Å². The second kappa shape index (κ2) is 14.6. The van der Waals surface area contributed by atoms with E-state index in [9.17, 15) is 9.18 Å². The van der Waals surface area contributed by atoms with E-state index in [4.69, 9.17) is 38.6 Å². The van der Waals surface area contributed by atoms with Crippen LogP contribution in [0.4, 0.5) is 23.8 Å². The number of halogens is 3. The van der Waals surface area contributed by atoms with Crippen LogP contribution in [0, 0.1) is 21.0 Å². The van der Waals surface area contributed by atoms with Gasteiger partial charge in [0.15, 0.2) is 0 Å². The van der Waals surface area contributed by atoms with Crippen LogP contribution in [0.1, 0.15) is 58.4 Å². The summed E-state index contributed by atoms with van der Waals surface area (Å²) in [6, 6.07) is 5.26. The van der Waals surface area contributed by atoms with E-state index in [1.54, 1.807) is 18.2 Å². The second-order valence-corrected chi connectivity index (χ2v) is 17.6. The van der Waals surface area contributed by atoms with Crippen LogP contribution < -0.4 is 19.1 Å². The third kappa shape index (κ3) is 6.68. The number of ether oxygens (including phenoxy) is 5. The molecule has 12 nitrogen and oxygen atoms in total. The molecule has 0 N–H and O–H groups in total. The fraction of sp³-hybridized carbons (Fsp3) is 0.512. The topological polar surface area (TPSA) is 112 Å². The zero-order valence-corrected chi connectivity index (χ0v) is 36.7. The van der Waals surface area contributed by atoms with Crippen molar-refractivity contribution in [1.29, 1.82) is 0 Å². The van der Waals surface area contributed by atoms with Crippen LogP contribution in [0.15, 0.2) is 24.3 Å². The second-order valence-electron chi connectivity index (χ2n) is 16.5. The van der Waals surface area contributed by atoms with Crippen LogP contribution >= 0.6 is 0 Å². The van der Waals surface area contributed by atoms with Crippen molar-refractivity contribution in [2.75, 3.05) is 51.7 Å². The number of carbonyl (C=O) groups is 1. The molecule has 4 fully saturated rings. The fourth-order valence-corrected chi connectivity index (χ4v) is 10.1. The maximum absolute atomic E-state index is 17.6. The van der Waals surface area contributed by atoms with Crippen LogP contribution in [0.2, 0.25) is 0 Å². The summed E-state index contributed by atoms with van der Waals surface area (Å²) in [6.07, 6.45) is 2.11. The maximum atomic E-state index is 17.6. The predicted molar refractivity (Wildman–Crippen MR) is 205 cm³/mol. The Labute approximate surface area is 344 Å². The van der Waals surface area contributed by atoms with E-state index in [0.717, 1.165) is 25.8 Å². The number of carbonyl (C=O) groups excluding carboxylic acids is 1. The Kier molecular flexibility index (Phi) is 9.83. The van der Waals surface area contributed by atoms with Gasteiger partial charge in [-0.05, 0) is 53.0 Å². The monoisotopic (exact) mass is 976 g/mol. The molecule has 1 amide bonds. The van der Waals surface area contributed by atoms with E-state index >= 15 is 8.78 Å². The van der Waals surface area contributed by atoms with E-state index in [-0.39, 0.29) is 97.5 Å². The minimum absolute atomic E-state index is 0.0674. The molecule has 16 heteroatoms. The third-order valence-corrected chi connectivity index (χ3v) is 12.4. The van der Waals surface area contributed by atoms with Crippen molar-refractivity contribution < 1.29 is 41.7 Å². The number of alkyl halides is 1. The van der Waals surface area contributed by atoms with Crippen molar-refractivity contribution in [3.63, 3.8) is 0 Å². The van der Waals surface area contributed by atoms with Gasteiger partial charge in [0.05, 0.1) is 11.6 Å². The number of rotatable bonds is 7. The van der Waals surface area contributed by atoms with E-state index in [2.05, 4.69) is 19.2 Å². The van der Waals surface area contributed by atoms with Crippen LogP contribution in [0.5, 0.6) is 17.6 Å². The number of hydrogen-bond donors (Lipinski definition) is 0. The molecule has 5 atom stereocenters. The van der Waals surface area contributed by atoms with Gasteiger partial charge < -0.3 is 4.74 Å². The molecule has 5 aliphatic heterocycles. The average Bonchev–Trinajstić information content (AvgIpc) is 3.78. The third-order valence-electron chi connectivity index (χ3n) is 11.8. The van der Waals surface area contributed by atoms with Gasteiger partial charge in [-0.15, -0.1) is 0 Å². The molecular weight excluding hydrogens is 934 g/mol. The van der Waals surface area contributed by atoms with Gasteiger partial charge in [-0.1, -0.05) is 0 Å². The zero-order chi connectivity index (χ0) is 39.8. The molecule has 0 spiro atoms. The van der Waals surface area contributed by atoms with Gasteiger partial charge in [0.25, 0.3) is 0 Å². The number of fused-ring (bicyclic) bond motifs is 7. The zero-order valence-electron chi connectivity index (χ0n) is 32.2. The molecule has 0 aliphatic carbocycles. The van der Waals surface area contributed by atoms with Crippen LogP contribution in [-0.4, -0.2) is 139 Å². The van der Waals surface area contributed by atoms with E-state index in [0.29, 0.717) is 48.3 Å². The van der Waals surface area contributed by atoms with Crippen molar-refractivity contribution in [2.45, 2.75) is 88.3 Å². The standard InChI is InChI=1S/C41H42F3N6O6.Tl/c1-6-26-28(43)10-8-22-14-25(55-21-52-5)15-27(31(22)26)34-33(44)35-32-36(47-38(46-35)54-20-41-12-7-13-48(41)17-23(42)16-41)49-18-24-9-11-29(30(49)19-53-37(32)45-34)50(24)39(51)56-40(2,3)4;/h8,10,14-15,23-24,29-30H,7,9,11-13,16-21H2,2-5H3;/t23-,24+,29-,30-,41-;/m1./s1. The Morgan fingerprint density at radius 3 is 2.72 bits per heavy atom. The van der Waals surface area contributed by atoms with Crippen molar-refractivity contribution in [1.82, 2.24) is 24.8 Å². The van der Waals surface area contributed by atoms with Crippen molar-refractivity contribution in [2.24, 2.45) is 0 Å². The van der Waals surface area contributed by atoms with Crippen LogP contribution in [-0.2, 0) is 9.47 Å². The summed E-state index contributed by atoms with van der Waals surface area (Å²) < 4.78 is 80.7. The van der Waals surface area contributed by atoms with Gasteiger partial charge in [0.1, 0.15) is 11.8 Å². The van der Waals surface area contributed by atoms with Gasteiger partial charge in [0, 0.05) is 13.0 Å². The number of pyridine rings is 1. The molecule has 2 aromatic carbocycles. The quantitative estimate of drug-likeness (QED) is 0.126. The first-order valence-corrected chi connectivity index (χ1v) is 21.6. The molecule has 0 saturated carbocycles. The summed E-state index contributed by atoms with van der Waals surface area (Å²) in [5.41, 5.74) is -1.11. The molecule has 7 heterocycles. The normalized spacial score (nSPS) is 25.1. The SMILES string of the molecule is COCOc1cc(-c2nc3c4c(nc(OC[C@]56CCCN5C[C@H](F)C6)nc4c2F)N2C[C@@H]4CC[C@H]([C@H]2CO3)N4C(=O)OC(C)(C)C)c2c(C#[C][Tl])c(F)ccc2c1. The molecule has 2 bridgehead atoms. The molecule has 9 rings (SSSR count). The number of benzene rings is 2. The molecule has 0 radical (unpaired) electrons. The summed E-state index contributed by atoms with van der Waals surface area (Å²) in [4.78, 5) is 34.1. The van der Waals surface area contributed by atoms with Gasteiger partial charge in [-0.25, -0.2) is 9.18 Å². The molecule has 4 aromatic rings. The van der Waals surface area contributed by atoms with Gasteiger partial charge >= 0.3 is 232 Å². The van der Waals surface area contributed by atoms with Crippen molar-refractivity contribution in [3.05, 3.63) is 41.5 Å². The van der Waals surface area contributed by atoms with E-state index < -0.39 is 41.1 Å². The number of nitrogens with zero attached hydrogens (tertiary/aromatic N) is 6. The summed E-state index contributed by atoms with van der Waals surface area (Å²) in [6.45, 7) is 7.17. The molecule has 5 aliphatic rings. The van der Waals surface area contributed by atoms with Crippen LogP contribution in [0.25, 0.3) is 32.9 Å². The summed E-state index contributed by atoms with van der Waals surface area (Å²) in [7, 11) is 1.49. The Morgan fingerprint density at radius 1 is 1.09 bits per heavy atom. The Morgan fingerprint density at radius 2 is 1.93 bits per heavy atom. The molecule has 0 unspecified atom stereocenters. The van der Waals surface area contributed by atoms with Crippen molar-refractivity contribution in [3.8, 4) is 38.3 Å². The molecule has 2 aromatic heterocycles. The summed E-state index contributed by atoms with van der Waals surface area (Å²) >= 11 is 0.263. The first-order chi connectivity index (χ1) is 27.4. The van der Waals surface area contributed by atoms with Gasteiger partial charge in [-0.2, -0.15) is 0 Å². The molecule has 4 saturated heterocycles. The predicted octanol–water partition coefficient (Wildman–Crippen LogP) is 5.89. The van der Waals surface area contributed by atoms with Crippen LogP contribution in [0.3, 0.4) is 0 Å². The Bertz CT molecular complexity index is 2350. The number of aromatic nitrogens is 3. The number of methoxy groups -OCH3 is 1. The van der Waals surface area contributed by atoms with E-state index in [1.165, 1.54) is 13.2 Å². The Balaban J connectivity index is 1.22. The van der Waals surface area contributed by atoms with Crippen molar-refractivity contribution >= 4 is 59.4 Å². The molecule has 57 heavy (non-hydrogen) atoms. The number of piperazine rings is 1. The van der Waals surface area contributed by atoms with Gasteiger partial charge in [-0.3, -0.25) is 9.80 Å². The average molecular weight is 976 g/mol. The molecular formula is C41H42F3N6O6Tl. The fourth-order valence-electron chi connectivity index (χ4n) is 9.56. The molecule has 296 valence electrons. The summed E-state index contributed by atoms with van der Waals surface area (Å²) in [5, 5.41) is 1.17. The Hall–Kier alpha value is -4.15. The first kappa shape index (κ1) is 38.4. The number of hydrogen-bond acceptors (Lipinski definition) is 11. The first-order valence-electron chi connectivity index (χ1n) is 19.3. The number of anilines is 1. The minimum atomic E-state index is -0.965. The van der Waals surface area contributed by atoms with E-state index in [1.807, 2.05) is 25.7 Å². The number of amides is 1.